The van der Waals surface area contributed by atoms with Crippen molar-refractivity contribution in [2.24, 2.45) is 5.14 Å². The lowest BCUT2D eigenvalue weighted by molar-refractivity contribution is 0.0450. The smallest absolute Gasteiger partial charge is 0.338 e. The highest BCUT2D eigenvalue weighted by atomic mass is 32.2. The Morgan fingerprint density at radius 3 is 2.20 bits per heavy atom. The molecule has 0 aliphatic carbocycles. The van der Waals surface area contributed by atoms with Crippen LogP contribution in [-0.4, -0.2) is 34.7 Å². The van der Waals surface area contributed by atoms with E-state index >= 15 is 0 Å². The third-order valence-electron chi connectivity index (χ3n) is 3.24. The molecule has 7 nitrogen and oxygen atoms in total. The molecule has 0 heterocycles. The fourth-order valence-electron chi connectivity index (χ4n) is 2.01. The molecule has 0 spiro atoms. The van der Waals surface area contributed by atoms with Gasteiger partial charge >= 0.3 is 5.97 Å². The number of esters is 1. The van der Waals surface area contributed by atoms with E-state index in [1.165, 1.54) is 24.3 Å². The number of nitrogens with two attached hydrogens (primary N) is 1. The van der Waals surface area contributed by atoms with E-state index in [2.05, 4.69) is 0 Å². The van der Waals surface area contributed by atoms with Crippen LogP contribution in [0.25, 0.3) is 0 Å². The Morgan fingerprint density at radius 1 is 1.00 bits per heavy atom. The van der Waals surface area contributed by atoms with E-state index in [1.54, 1.807) is 31.4 Å². The molecule has 2 N–H and O–H groups in total. The van der Waals surface area contributed by atoms with Crippen molar-refractivity contribution in [2.75, 3.05) is 20.3 Å². The van der Waals surface area contributed by atoms with Crippen LogP contribution in [0.2, 0.25) is 0 Å². The first-order valence-electron chi connectivity index (χ1n) is 7.41. The molecular formula is C17H19NO6S. The number of benzene rings is 2. The van der Waals surface area contributed by atoms with E-state index in [0.717, 1.165) is 5.56 Å². The minimum absolute atomic E-state index is 0.00296. The van der Waals surface area contributed by atoms with E-state index in [-0.39, 0.29) is 18.1 Å². The first kappa shape index (κ1) is 18.9. The monoisotopic (exact) mass is 365 g/mol. The number of sulfonamides is 1. The van der Waals surface area contributed by atoms with Crippen molar-refractivity contribution >= 4 is 16.0 Å². The van der Waals surface area contributed by atoms with Crippen LogP contribution in [0.15, 0.2) is 53.4 Å². The molecule has 0 aliphatic heterocycles. The summed E-state index contributed by atoms with van der Waals surface area (Å²) in [6.45, 7) is 0.686. The Balaban J connectivity index is 1.77. The van der Waals surface area contributed by atoms with Crippen LogP contribution >= 0.6 is 0 Å². The molecule has 134 valence electrons. The number of carbonyl (C=O) groups excluding carboxylic acids is 1. The van der Waals surface area contributed by atoms with E-state index in [9.17, 15) is 13.2 Å². The average molecular weight is 365 g/mol. The van der Waals surface area contributed by atoms with Gasteiger partial charge in [-0.3, -0.25) is 0 Å². The van der Waals surface area contributed by atoms with E-state index in [1.807, 2.05) is 0 Å². The van der Waals surface area contributed by atoms with Gasteiger partial charge in [-0.05, 0) is 42.0 Å². The minimum atomic E-state index is -3.73. The average Bonchev–Trinajstić information content (AvgIpc) is 2.59. The molecule has 0 amide bonds. The summed E-state index contributed by atoms with van der Waals surface area (Å²) in [5.74, 6) is 0.00417. The summed E-state index contributed by atoms with van der Waals surface area (Å²) in [6.07, 6.45) is 0. The molecule has 0 fully saturated rings. The third kappa shape index (κ3) is 5.86. The fourth-order valence-corrected chi connectivity index (χ4v) is 2.52. The molecule has 0 aliphatic rings. The van der Waals surface area contributed by atoms with Crippen LogP contribution in [-0.2, 0) is 26.1 Å². The molecule has 2 aromatic rings. The van der Waals surface area contributed by atoms with Crippen molar-refractivity contribution < 1.29 is 27.4 Å². The maximum atomic E-state index is 11.9. The zero-order chi connectivity index (χ0) is 18.3. The zero-order valence-corrected chi connectivity index (χ0v) is 14.5. The van der Waals surface area contributed by atoms with Crippen LogP contribution < -0.4 is 9.88 Å². The Bertz CT molecular complexity index is 800. The molecule has 25 heavy (non-hydrogen) atoms. The highest BCUT2D eigenvalue weighted by Gasteiger charge is 2.08. The topological polar surface area (TPSA) is 105 Å². The van der Waals surface area contributed by atoms with Gasteiger partial charge in [0.15, 0.2) is 0 Å². The summed E-state index contributed by atoms with van der Waals surface area (Å²) >= 11 is 0. The lowest BCUT2D eigenvalue weighted by Gasteiger charge is -2.08. The van der Waals surface area contributed by atoms with E-state index in [4.69, 9.17) is 19.3 Å². The molecule has 2 aromatic carbocycles. The van der Waals surface area contributed by atoms with Crippen LogP contribution in [0.3, 0.4) is 0 Å². The lowest BCUT2D eigenvalue weighted by Crippen LogP contribution is -2.13. The zero-order valence-electron chi connectivity index (χ0n) is 13.7. The van der Waals surface area contributed by atoms with Gasteiger partial charge in [0, 0.05) is 7.11 Å². The second-order valence-corrected chi connectivity index (χ2v) is 6.69. The van der Waals surface area contributed by atoms with Crippen LogP contribution in [0.1, 0.15) is 15.9 Å². The SMILES string of the molecule is COCc1ccc(C(=O)OCCOc2ccc(S(N)(=O)=O)cc2)cc1. The minimum Gasteiger partial charge on any atom is -0.490 e. The van der Waals surface area contributed by atoms with Gasteiger partial charge in [0.05, 0.1) is 17.1 Å². The van der Waals surface area contributed by atoms with Crippen molar-refractivity contribution in [3.05, 3.63) is 59.7 Å². The molecule has 0 bridgehead atoms. The number of rotatable bonds is 8. The normalized spacial score (nSPS) is 11.1. The van der Waals surface area contributed by atoms with Crippen molar-refractivity contribution in [1.29, 1.82) is 0 Å². The first-order chi connectivity index (χ1) is 11.9. The second kappa shape index (κ2) is 8.61. The number of hydrogen-bond acceptors (Lipinski definition) is 6. The molecule has 0 atom stereocenters. The Morgan fingerprint density at radius 2 is 1.64 bits per heavy atom. The summed E-state index contributed by atoms with van der Waals surface area (Å²) in [5.41, 5.74) is 1.41. The van der Waals surface area contributed by atoms with Crippen LogP contribution in [0, 0.1) is 0 Å². The third-order valence-corrected chi connectivity index (χ3v) is 4.17. The molecule has 8 heteroatoms. The van der Waals surface area contributed by atoms with Crippen molar-refractivity contribution in [3.63, 3.8) is 0 Å². The Labute approximate surface area is 146 Å². The van der Waals surface area contributed by atoms with Gasteiger partial charge in [0.25, 0.3) is 0 Å². The van der Waals surface area contributed by atoms with Crippen LogP contribution in [0.5, 0.6) is 5.75 Å². The molecular weight excluding hydrogens is 346 g/mol. The van der Waals surface area contributed by atoms with Gasteiger partial charge in [-0.25, -0.2) is 18.4 Å². The highest BCUT2D eigenvalue weighted by molar-refractivity contribution is 7.89. The maximum Gasteiger partial charge on any atom is 0.338 e. The first-order valence-corrected chi connectivity index (χ1v) is 8.95. The predicted octanol–water partition coefficient (Wildman–Crippen LogP) is 1.72. The van der Waals surface area contributed by atoms with E-state index < -0.39 is 16.0 Å². The maximum absolute atomic E-state index is 11.9. The summed E-state index contributed by atoms with van der Waals surface area (Å²) in [7, 11) is -2.12. The quantitative estimate of drug-likeness (QED) is 0.564. The van der Waals surface area contributed by atoms with Gasteiger partial charge in [-0.15, -0.1) is 0 Å². The Kier molecular flexibility index (Phi) is 6.51. The summed E-state index contributed by atoms with van der Waals surface area (Å²) in [4.78, 5) is 11.9. The van der Waals surface area contributed by atoms with Crippen molar-refractivity contribution in [2.45, 2.75) is 11.5 Å². The number of primary sulfonamides is 1. The molecule has 2 rings (SSSR count). The molecule has 0 saturated heterocycles. The second-order valence-electron chi connectivity index (χ2n) is 5.13. The summed E-state index contributed by atoms with van der Waals surface area (Å²) in [5, 5.41) is 5.01. The molecule has 0 radical (unpaired) electrons. The number of ether oxygens (including phenoxy) is 3. The van der Waals surface area contributed by atoms with Gasteiger partial charge in [-0.2, -0.15) is 0 Å². The van der Waals surface area contributed by atoms with Crippen molar-refractivity contribution in [1.82, 2.24) is 0 Å². The Hall–Kier alpha value is -2.42. The number of methoxy groups -OCH3 is 1. The largest absolute Gasteiger partial charge is 0.490 e. The predicted molar refractivity (Wildman–Crippen MR) is 90.7 cm³/mol. The number of carbonyl (C=O) groups is 1. The van der Waals surface area contributed by atoms with Gasteiger partial charge in [0.2, 0.25) is 10.0 Å². The standard InChI is InChI=1S/C17H19NO6S/c1-22-12-13-2-4-14(5-3-13)17(19)24-11-10-23-15-6-8-16(9-7-15)25(18,20)21/h2-9H,10-12H2,1H3,(H2,18,20,21). The molecule has 0 saturated carbocycles. The van der Waals surface area contributed by atoms with Crippen LogP contribution in [0.4, 0.5) is 0 Å². The van der Waals surface area contributed by atoms with E-state index in [0.29, 0.717) is 17.9 Å². The lowest BCUT2D eigenvalue weighted by atomic mass is 10.1. The summed E-state index contributed by atoms with van der Waals surface area (Å²) < 4.78 is 37.8. The van der Waals surface area contributed by atoms with Gasteiger partial charge < -0.3 is 14.2 Å². The molecule has 0 unspecified atom stereocenters. The van der Waals surface area contributed by atoms with Gasteiger partial charge in [0.1, 0.15) is 19.0 Å². The molecule has 0 aromatic heterocycles. The van der Waals surface area contributed by atoms with Gasteiger partial charge in [-0.1, -0.05) is 12.1 Å². The van der Waals surface area contributed by atoms with Crippen molar-refractivity contribution in [3.8, 4) is 5.75 Å². The fraction of sp³-hybridized carbons (Fsp3) is 0.235. The highest BCUT2D eigenvalue weighted by Crippen LogP contribution is 2.14. The number of hydrogen-bond donors (Lipinski definition) is 1. The summed E-state index contributed by atoms with van der Waals surface area (Å²) in [6, 6.07) is 12.6.